The maximum atomic E-state index is 11.5. The molecule has 0 aromatic rings. The maximum absolute atomic E-state index is 11.5. The van der Waals surface area contributed by atoms with Gasteiger partial charge in [0.2, 0.25) is 17.5 Å². The Morgan fingerprint density at radius 3 is 1.61 bits per heavy atom. The molecule has 0 saturated carbocycles. The summed E-state index contributed by atoms with van der Waals surface area (Å²) in [5.41, 5.74) is 15.7. The molecule has 0 fully saturated rings. The van der Waals surface area contributed by atoms with Crippen molar-refractivity contribution in [3.05, 3.63) is 0 Å². The highest BCUT2D eigenvalue weighted by atomic mass is 16.4. The monoisotopic (exact) mass is 259 g/mol. The van der Waals surface area contributed by atoms with E-state index >= 15 is 0 Å². The quantitative estimate of drug-likeness (QED) is 0.344. The van der Waals surface area contributed by atoms with Crippen LogP contribution in [0.15, 0.2) is 0 Å². The van der Waals surface area contributed by atoms with Crippen molar-refractivity contribution < 1.29 is 24.3 Å². The van der Waals surface area contributed by atoms with Crippen LogP contribution in [0.25, 0.3) is 0 Å². The first-order valence-electron chi connectivity index (χ1n) is 5.35. The molecular weight excluding hydrogens is 242 g/mol. The molecule has 0 rings (SSSR count). The zero-order valence-corrected chi connectivity index (χ0v) is 9.80. The maximum Gasteiger partial charge on any atom is 0.303 e. The number of Topliss-reactive ketones (excluding diaryl/α,β-unsaturated/α-hetero) is 2. The molecule has 0 aliphatic heterocycles. The Bertz CT molecular complexity index is 321. The van der Waals surface area contributed by atoms with Crippen LogP contribution >= 0.6 is 0 Å². The zero-order chi connectivity index (χ0) is 14.3. The highest BCUT2D eigenvalue weighted by Crippen LogP contribution is 2.02. The number of carboxylic acid groups (broad SMARTS) is 1. The number of carbonyl (C=O) groups is 4. The van der Waals surface area contributed by atoms with E-state index in [9.17, 15) is 19.2 Å². The summed E-state index contributed by atoms with van der Waals surface area (Å²) in [5, 5.41) is 8.41. The minimum absolute atomic E-state index is 0.0362. The van der Waals surface area contributed by atoms with Crippen LogP contribution in [0.2, 0.25) is 0 Å². The first kappa shape index (κ1) is 16.2. The number of aliphatic carboxylic acids is 1. The topological polar surface area (TPSA) is 167 Å². The second kappa shape index (κ2) is 7.51. The summed E-state index contributed by atoms with van der Waals surface area (Å²) in [6, 6.07) is -2.32. The second-order valence-electron chi connectivity index (χ2n) is 3.88. The Balaban J connectivity index is 4.26. The van der Waals surface area contributed by atoms with Gasteiger partial charge in [-0.1, -0.05) is 0 Å². The number of hydrogen-bond donors (Lipinski definition) is 4. The predicted molar refractivity (Wildman–Crippen MR) is 61.3 cm³/mol. The van der Waals surface area contributed by atoms with Crippen LogP contribution in [-0.2, 0) is 19.2 Å². The van der Waals surface area contributed by atoms with Crippen molar-refractivity contribution in [1.29, 1.82) is 0 Å². The molecule has 0 spiro atoms. The van der Waals surface area contributed by atoms with Gasteiger partial charge in [-0.3, -0.25) is 19.2 Å². The molecule has 0 heterocycles. The van der Waals surface area contributed by atoms with E-state index in [1.54, 1.807) is 0 Å². The van der Waals surface area contributed by atoms with Gasteiger partial charge in [0.1, 0.15) is 0 Å². The fraction of sp³-hybridized carbons (Fsp3) is 0.600. The van der Waals surface area contributed by atoms with Crippen LogP contribution in [0.3, 0.4) is 0 Å². The molecule has 0 bridgehead atoms. The molecule has 0 unspecified atom stereocenters. The van der Waals surface area contributed by atoms with E-state index in [1.807, 2.05) is 0 Å². The molecule has 7 N–H and O–H groups in total. The molecule has 0 aliphatic carbocycles. The van der Waals surface area contributed by atoms with Crippen LogP contribution in [0.5, 0.6) is 0 Å². The summed E-state index contributed by atoms with van der Waals surface area (Å²) < 4.78 is 0. The van der Waals surface area contributed by atoms with Crippen LogP contribution in [-0.4, -0.2) is 40.6 Å². The average Bonchev–Trinajstić information content (AvgIpc) is 2.30. The van der Waals surface area contributed by atoms with E-state index in [-0.39, 0.29) is 25.7 Å². The van der Waals surface area contributed by atoms with Gasteiger partial charge in [-0.05, 0) is 12.8 Å². The fourth-order valence-corrected chi connectivity index (χ4v) is 1.20. The first-order valence-corrected chi connectivity index (χ1v) is 5.35. The van der Waals surface area contributed by atoms with Gasteiger partial charge < -0.3 is 22.3 Å². The lowest BCUT2D eigenvalue weighted by Gasteiger charge is -2.12. The molecule has 0 saturated heterocycles. The Morgan fingerprint density at radius 1 is 0.889 bits per heavy atom. The molecular formula is C10H17N3O5. The zero-order valence-electron chi connectivity index (χ0n) is 9.80. The standard InChI is InChI=1S/C10H17N3O5/c11-5(1-3-7(13)14)9(17)10(18)6(12)2-4-8(15)16/h5-6H,1-4,11-12H2,(H2,13,14)(H,15,16)/t5-,6-/m0/s1. The van der Waals surface area contributed by atoms with Gasteiger partial charge in [-0.2, -0.15) is 0 Å². The normalized spacial score (nSPS) is 13.7. The van der Waals surface area contributed by atoms with E-state index in [1.165, 1.54) is 0 Å². The molecule has 0 aliphatic rings. The van der Waals surface area contributed by atoms with Gasteiger partial charge in [0.15, 0.2) is 0 Å². The van der Waals surface area contributed by atoms with Crippen molar-refractivity contribution in [1.82, 2.24) is 0 Å². The average molecular weight is 259 g/mol. The molecule has 1 amide bonds. The lowest BCUT2D eigenvalue weighted by atomic mass is 9.98. The number of hydrogen-bond acceptors (Lipinski definition) is 6. The molecule has 0 aromatic carbocycles. The van der Waals surface area contributed by atoms with E-state index in [2.05, 4.69) is 0 Å². The first-order chi connectivity index (χ1) is 8.25. The number of ketones is 2. The van der Waals surface area contributed by atoms with Crippen molar-refractivity contribution in [2.75, 3.05) is 0 Å². The Morgan fingerprint density at radius 2 is 1.28 bits per heavy atom. The summed E-state index contributed by atoms with van der Waals surface area (Å²) in [6.45, 7) is 0. The van der Waals surface area contributed by atoms with Crippen LogP contribution < -0.4 is 17.2 Å². The lowest BCUT2D eigenvalue weighted by Crippen LogP contribution is -2.45. The van der Waals surface area contributed by atoms with E-state index in [4.69, 9.17) is 22.3 Å². The van der Waals surface area contributed by atoms with Crippen LogP contribution in [0.4, 0.5) is 0 Å². The number of carboxylic acids is 1. The molecule has 8 nitrogen and oxygen atoms in total. The van der Waals surface area contributed by atoms with Gasteiger partial charge in [0.25, 0.3) is 0 Å². The summed E-state index contributed by atoms with van der Waals surface area (Å²) in [7, 11) is 0. The minimum atomic E-state index is -1.19. The van der Waals surface area contributed by atoms with Gasteiger partial charge in [-0.15, -0.1) is 0 Å². The van der Waals surface area contributed by atoms with Crippen LogP contribution in [0, 0.1) is 0 Å². The smallest absolute Gasteiger partial charge is 0.303 e. The fourth-order valence-electron chi connectivity index (χ4n) is 1.20. The van der Waals surface area contributed by atoms with E-state index in [0.29, 0.717) is 0 Å². The number of primary amides is 1. The van der Waals surface area contributed by atoms with Crippen molar-refractivity contribution in [2.24, 2.45) is 17.2 Å². The highest BCUT2D eigenvalue weighted by Gasteiger charge is 2.27. The summed E-state index contributed by atoms with van der Waals surface area (Å²) >= 11 is 0. The molecule has 8 heteroatoms. The minimum Gasteiger partial charge on any atom is -0.481 e. The van der Waals surface area contributed by atoms with Gasteiger partial charge in [0.05, 0.1) is 12.1 Å². The van der Waals surface area contributed by atoms with Gasteiger partial charge in [0, 0.05) is 12.8 Å². The van der Waals surface area contributed by atoms with Crippen molar-refractivity contribution in [2.45, 2.75) is 37.8 Å². The van der Waals surface area contributed by atoms with Gasteiger partial charge in [-0.25, -0.2) is 0 Å². The van der Waals surface area contributed by atoms with Gasteiger partial charge >= 0.3 is 5.97 Å². The third-order valence-electron chi connectivity index (χ3n) is 2.29. The molecule has 0 aromatic heterocycles. The van der Waals surface area contributed by atoms with Crippen molar-refractivity contribution in [3.8, 4) is 0 Å². The SMILES string of the molecule is NC(=O)CC[C@H](N)C(=O)C(=O)[C@@H](N)CCC(=O)O. The second-order valence-corrected chi connectivity index (χ2v) is 3.88. The van der Waals surface area contributed by atoms with Crippen molar-refractivity contribution >= 4 is 23.4 Å². The summed E-state index contributed by atoms with van der Waals surface area (Å²) in [6.07, 6.45) is -0.588. The lowest BCUT2D eigenvalue weighted by molar-refractivity contribution is -0.139. The molecule has 102 valence electrons. The molecule has 18 heavy (non-hydrogen) atoms. The van der Waals surface area contributed by atoms with Crippen LogP contribution in [0.1, 0.15) is 25.7 Å². The Hall–Kier alpha value is -1.80. The third kappa shape index (κ3) is 6.06. The summed E-state index contributed by atoms with van der Waals surface area (Å²) in [5.74, 6) is -3.56. The van der Waals surface area contributed by atoms with E-state index < -0.39 is 35.5 Å². The number of nitrogens with two attached hydrogens (primary N) is 3. The van der Waals surface area contributed by atoms with Crippen molar-refractivity contribution in [3.63, 3.8) is 0 Å². The van der Waals surface area contributed by atoms with E-state index in [0.717, 1.165) is 0 Å². The molecule has 2 atom stereocenters. The largest absolute Gasteiger partial charge is 0.481 e. The Labute approximate surface area is 103 Å². The number of amides is 1. The number of rotatable bonds is 9. The highest BCUT2D eigenvalue weighted by molar-refractivity contribution is 6.40. The predicted octanol–water partition coefficient (Wildman–Crippen LogP) is -2.09. The third-order valence-corrected chi connectivity index (χ3v) is 2.29. The number of carbonyl (C=O) groups excluding carboxylic acids is 3. The summed E-state index contributed by atoms with van der Waals surface area (Å²) in [4.78, 5) is 43.7. The Kier molecular flexibility index (Phi) is 6.76. The molecule has 0 radical (unpaired) electrons.